The molecule has 1 aromatic carbocycles. The highest BCUT2D eigenvalue weighted by Crippen LogP contribution is 2.14. The van der Waals surface area contributed by atoms with Gasteiger partial charge in [0, 0.05) is 31.0 Å². The van der Waals surface area contributed by atoms with Crippen LogP contribution >= 0.6 is 0 Å². The van der Waals surface area contributed by atoms with Gasteiger partial charge in [0.25, 0.3) is 0 Å². The molecule has 1 heterocycles. The Bertz CT molecular complexity index is 577. The quantitative estimate of drug-likeness (QED) is 0.844. The lowest BCUT2D eigenvalue weighted by Gasteiger charge is -2.11. The van der Waals surface area contributed by atoms with Gasteiger partial charge in [-0.15, -0.1) is 0 Å². The monoisotopic (exact) mass is 272 g/mol. The molecule has 0 unspecified atom stereocenters. The molecule has 1 aromatic heterocycles. The van der Waals surface area contributed by atoms with Crippen LogP contribution in [0, 0.1) is 0 Å². The number of hydrogen-bond acceptors (Lipinski definition) is 3. The number of nitrogens with one attached hydrogen (secondary N) is 1. The number of nitrogens with zero attached hydrogens (tertiary/aromatic N) is 2. The summed E-state index contributed by atoms with van der Waals surface area (Å²) in [6, 6.07) is 7.57. The Morgan fingerprint density at radius 1 is 1.40 bits per heavy atom. The highest BCUT2D eigenvalue weighted by molar-refractivity contribution is 5.91. The van der Waals surface area contributed by atoms with Crippen LogP contribution in [0.4, 0.5) is 5.69 Å². The lowest BCUT2D eigenvalue weighted by atomic mass is 10.2. The average Bonchev–Trinajstić information content (AvgIpc) is 2.87. The number of amides is 1. The van der Waals surface area contributed by atoms with Gasteiger partial charge in [-0.1, -0.05) is 25.1 Å². The smallest absolute Gasteiger partial charge is 0.244 e. The van der Waals surface area contributed by atoms with Gasteiger partial charge in [0.05, 0.1) is 0 Å². The molecule has 0 bridgehead atoms. The molecule has 0 aliphatic heterocycles. The van der Waals surface area contributed by atoms with Crippen molar-refractivity contribution in [2.24, 2.45) is 5.73 Å². The Kier molecular flexibility index (Phi) is 4.90. The summed E-state index contributed by atoms with van der Waals surface area (Å²) in [6.45, 7) is 2.77. The maximum Gasteiger partial charge on any atom is 0.244 e. The first-order valence-electron chi connectivity index (χ1n) is 6.82. The van der Waals surface area contributed by atoms with Gasteiger partial charge in [-0.2, -0.15) is 0 Å². The van der Waals surface area contributed by atoms with Crippen LogP contribution in [0.5, 0.6) is 0 Å². The van der Waals surface area contributed by atoms with Crippen LogP contribution < -0.4 is 11.1 Å². The molecule has 1 amide bonds. The maximum absolute atomic E-state index is 12.1. The van der Waals surface area contributed by atoms with E-state index in [1.54, 1.807) is 6.20 Å². The zero-order valence-corrected chi connectivity index (χ0v) is 11.7. The second-order valence-corrected chi connectivity index (χ2v) is 4.63. The zero-order valence-electron chi connectivity index (χ0n) is 11.7. The number of para-hydroxylation sites is 1. The third kappa shape index (κ3) is 3.45. The van der Waals surface area contributed by atoms with Crippen LogP contribution in [0.2, 0.25) is 0 Å². The highest BCUT2D eigenvalue weighted by Gasteiger charge is 2.09. The molecule has 0 aliphatic rings. The van der Waals surface area contributed by atoms with Crippen LogP contribution in [0.25, 0.3) is 0 Å². The van der Waals surface area contributed by atoms with Crippen molar-refractivity contribution in [1.29, 1.82) is 0 Å². The van der Waals surface area contributed by atoms with Gasteiger partial charge in [-0.05, 0) is 18.1 Å². The van der Waals surface area contributed by atoms with E-state index in [0.717, 1.165) is 29.9 Å². The normalized spacial score (nSPS) is 10.5. The minimum absolute atomic E-state index is 0.0683. The molecule has 0 saturated heterocycles. The minimum Gasteiger partial charge on any atom is -0.326 e. The molecule has 2 aromatic rings. The van der Waals surface area contributed by atoms with E-state index in [-0.39, 0.29) is 12.5 Å². The second-order valence-electron chi connectivity index (χ2n) is 4.63. The van der Waals surface area contributed by atoms with Crippen LogP contribution in [0.3, 0.4) is 0 Å². The standard InChI is InChI=1S/C15H20N4O/c1-2-5-14-17-8-9-19(14)11-15(20)18-13-7-4-3-6-12(13)10-16/h3-4,6-9H,2,5,10-11,16H2,1H3,(H,18,20). The van der Waals surface area contributed by atoms with Crippen LogP contribution in [-0.4, -0.2) is 15.5 Å². The number of carbonyl (C=O) groups is 1. The van der Waals surface area contributed by atoms with Crippen LogP contribution in [0.1, 0.15) is 24.7 Å². The Labute approximate surface area is 118 Å². The molecule has 106 valence electrons. The van der Waals surface area contributed by atoms with Crippen molar-refractivity contribution in [1.82, 2.24) is 9.55 Å². The van der Waals surface area contributed by atoms with E-state index in [1.165, 1.54) is 0 Å². The number of hydrogen-bond donors (Lipinski definition) is 2. The van der Waals surface area contributed by atoms with Crippen molar-refractivity contribution >= 4 is 11.6 Å². The summed E-state index contributed by atoms with van der Waals surface area (Å²) < 4.78 is 1.88. The molecule has 0 atom stereocenters. The molecule has 0 fully saturated rings. The summed E-state index contributed by atoms with van der Waals surface area (Å²) in [5.74, 6) is 0.871. The minimum atomic E-state index is -0.0683. The summed E-state index contributed by atoms with van der Waals surface area (Å²) in [5, 5.41) is 2.90. The van der Waals surface area contributed by atoms with Crippen molar-refractivity contribution in [3.05, 3.63) is 48.0 Å². The molecule has 3 N–H and O–H groups in total. The van der Waals surface area contributed by atoms with Crippen LogP contribution in [0.15, 0.2) is 36.7 Å². The molecule has 0 radical (unpaired) electrons. The fourth-order valence-electron chi connectivity index (χ4n) is 2.10. The number of rotatable bonds is 6. The van der Waals surface area contributed by atoms with Crippen molar-refractivity contribution in [3.63, 3.8) is 0 Å². The Balaban J connectivity index is 2.03. The van der Waals surface area contributed by atoms with Gasteiger partial charge in [0.15, 0.2) is 0 Å². The van der Waals surface area contributed by atoms with E-state index in [2.05, 4.69) is 17.2 Å². The van der Waals surface area contributed by atoms with Gasteiger partial charge < -0.3 is 15.6 Å². The number of imidazole rings is 1. The Hall–Kier alpha value is -2.14. The SMILES string of the molecule is CCCc1nccn1CC(=O)Nc1ccccc1CN. The fourth-order valence-corrected chi connectivity index (χ4v) is 2.10. The number of nitrogens with two attached hydrogens (primary N) is 1. The average molecular weight is 272 g/mol. The van der Waals surface area contributed by atoms with Crippen molar-refractivity contribution < 1.29 is 4.79 Å². The van der Waals surface area contributed by atoms with Gasteiger partial charge in [-0.3, -0.25) is 4.79 Å². The third-order valence-corrected chi connectivity index (χ3v) is 3.10. The lowest BCUT2D eigenvalue weighted by Crippen LogP contribution is -2.20. The van der Waals surface area contributed by atoms with Crippen molar-refractivity contribution in [2.75, 3.05) is 5.32 Å². The summed E-state index contributed by atoms with van der Waals surface area (Å²) in [4.78, 5) is 16.4. The first-order valence-corrected chi connectivity index (χ1v) is 6.82. The van der Waals surface area contributed by atoms with Gasteiger partial charge in [-0.25, -0.2) is 4.98 Å². The van der Waals surface area contributed by atoms with Crippen molar-refractivity contribution in [3.8, 4) is 0 Å². The molecule has 5 nitrogen and oxygen atoms in total. The summed E-state index contributed by atoms with van der Waals surface area (Å²) in [7, 11) is 0. The molecule has 0 spiro atoms. The summed E-state index contributed by atoms with van der Waals surface area (Å²) in [6.07, 6.45) is 5.44. The maximum atomic E-state index is 12.1. The van der Waals surface area contributed by atoms with Crippen LogP contribution in [-0.2, 0) is 24.3 Å². The third-order valence-electron chi connectivity index (χ3n) is 3.10. The molecule has 20 heavy (non-hydrogen) atoms. The zero-order chi connectivity index (χ0) is 14.4. The largest absolute Gasteiger partial charge is 0.326 e. The number of aryl methyl sites for hydroxylation is 1. The van der Waals surface area contributed by atoms with Gasteiger partial charge in [0.2, 0.25) is 5.91 Å². The first kappa shape index (κ1) is 14.3. The molecular formula is C15H20N4O. The number of anilines is 1. The van der Waals surface area contributed by atoms with Crippen molar-refractivity contribution in [2.45, 2.75) is 32.9 Å². The lowest BCUT2D eigenvalue weighted by molar-refractivity contribution is -0.116. The van der Waals surface area contributed by atoms with E-state index in [0.29, 0.717) is 6.54 Å². The van der Waals surface area contributed by atoms with E-state index < -0.39 is 0 Å². The molecule has 0 aliphatic carbocycles. The number of benzene rings is 1. The predicted octanol–water partition coefficient (Wildman–Crippen LogP) is 1.93. The van der Waals surface area contributed by atoms with E-state index in [9.17, 15) is 4.79 Å². The molecular weight excluding hydrogens is 252 g/mol. The molecule has 2 rings (SSSR count). The summed E-state index contributed by atoms with van der Waals surface area (Å²) in [5.41, 5.74) is 7.37. The van der Waals surface area contributed by atoms with E-state index in [1.807, 2.05) is 35.0 Å². The van der Waals surface area contributed by atoms with Gasteiger partial charge >= 0.3 is 0 Å². The summed E-state index contributed by atoms with van der Waals surface area (Å²) >= 11 is 0. The molecule has 0 saturated carbocycles. The number of carbonyl (C=O) groups excluding carboxylic acids is 1. The Morgan fingerprint density at radius 2 is 2.20 bits per heavy atom. The first-order chi connectivity index (χ1) is 9.74. The fraction of sp³-hybridized carbons (Fsp3) is 0.333. The molecule has 5 heteroatoms. The number of aromatic nitrogens is 2. The highest BCUT2D eigenvalue weighted by atomic mass is 16.1. The van der Waals surface area contributed by atoms with E-state index >= 15 is 0 Å². The topological polar surface area (TPSA) is 72.9 Å². The predicted molar refractivity (Wildman–Crippen MR) is 79.2 cm³/mol. The Morgan fingerprint density at radius 3 is 2.95 bits per heavy atom. The second kappa shape index (κ2) is 6.86. The van der Waals surface area contributed by atoms with E-state index in [4.69, 9.17) is 5.73 Å². The van der Waals surface area contributed by atoms with Gasteiger partial charge in [0.1, 0.15) is 12.4 Å².